The Hall–Kier alpha value is -2.77. The lowest BCUT2D eigenvalue weighted by Crippen LogP contribution is -2.47. The highest BCUT2D eigenvalue weighted by Crippen LogP contribution is 2.54. The summed E-state index contributed by atoms with van der Waals surface area (Å²) in [4.78, 5) is 30.6. The topological polar surface area (TPSA) is 61.9 Å². The van der Waals surface area contributed by atoms with Gasteiger partial charge >= 0.3 is 0 Å². The second-order valence-corrected chi connectivity index (χ2v) is 8.15. The van der Waals surface area contributed by atoms with Gasteiger partial charge in [-0.2, -0.15) is 0 Å². The molecule has 2 aromatic carbocycles. The zero-order chi connectivity index (χ0) is 20.7. The van der Waals surface area contributed by atoms with Crippen molar-refractivity contribution >= 4 is 17.5 Å². The maximum Gasteiger partial charge on any atom is 0.237 e. The summed E-state index contributed by atoms with van der Waals surface area (Å²) in [6.07, 6.45) is 0.534. The van der Waals surface area contributed by atoms with Crippen molar-refractivity contribution in [1.82, 2.24) is 9.80 Å². The van der Waals surface area contributed by atoms with Gasteiger partial charge in [-0.3, -0.25) is 14.5 Å². The molecule has 0 aromatic heterocycles. The zero-order valence-corrected chi connectivity index (χ0v) is 16.6. The van der Waals surface area contributed by atoms with Crippen LogP contribution in [0.4, 0.5) is 10.1 Å². The van der Waals surface area contributed by atoms with Crippen LogP contribution in [0.2, 0.25) is 0 Å². The summed E-state index contributed by atoms with van der Waals surface area (Å²) >= 11 is 0. The van der Waals surface area contributed by atoms with Crippen molar-refractivity contribution in [2.45, 2.75) is 17.9 Å². The van der Waals surface area contributed by atoms with Crippen LogP contribution in [0.15, 0.2) is 48.5 Å². The first-order chi connectivity index (χ1) is 14.6. The number of nitrogens with one attached hydrogen (secondary N) is 1. The Morgan fingerprint density at radius 2 is 1.83 bits per heavy atom. The van der Waals surface area contributed by atoms with Crippen molar-refractivity contribution in [3.8, 4) is 0 Å². The van der Waals surface area contributed by atoms with Crippen LogP contribution in [0.25, 0.3) is 0 Å². The van der Waals surface area contributed by atoms with Gasteiger partial charge in [-0.25, -0.2) is 4.39 Å². The molecule has 6 nitrogen and oxygen atoms in total. The number of benzene rings is 2. The summed E-state index contributed by atoms with van der Waals surface area (Å²) in [6, 6.07) is 13.3. The van der Waals surface area contributed by atoms with Crippen LogP contribution in [0.1, 0.15) is 23.6 Å². The van der Waals surface area contributed by atoms with E-state index in [-0.39, 0.29) is 17.6 Å². The van der Waals surface area contributed by atoms with Crippen molar-refractivity contribution in [1.29, 1.82) is 0 Å². The molecule has 0 radical (unpaired) electrons. The van der Waals surface area contributed by atoms with E-state index < -0.39 is 11.5 Å². The molecule has 7 heteroatoms. The molecule has 156 valence electrons. The van der Waals surface area contributed by atoms with Crippen molar-refractivity contribution in [2.75, 3.05) is 44.7 Å². The van der Waals surface area contributed by atoms with Gasteiger partial charge in [0.1, 0.15) is 11.2 Å². The fourth-order valence-corrected chi connectivity index (χ4v) is 5.11. The highest BCUT2D eigenvalue weighted by atomic mass is 19.1. The molecule has 5 rings (SSSR count). The first-order valence-corrected chi connectivity index (χ1v) is 10.4. The molecule has 0 bridgehead atoms. The maximum atomic E-state index is 13.6. The number of anilines is 1. The van der Waals surface area contributed by atoms with Crippen molar-refractivity contribution < 1.29 is 18.7 Å². The summed E-state index contributed by atoms with van der Waals surface area (Å²) in [5.41, 5.74) is 1.61. The Bertz CT molecular complexity index is 974. The van der Waals surface area contributed by atoms with E-state index >= 15 is 0 Å². The van der Waals surface area contributed by atoms with Gasteiger partial charge < -0.3 is 15.0 Å². The van der Waals surface area contributed by atoms with Crippen LogP contribution in [0.3, 0.4) is 0 Å². The number of morpholine rings is 1. The smallest absolute Gasteiger partial charge is 0.237 e. The molecule has 3 aliphatic heterocycles. The molecule has 2 unspecified atom stereocenters. The Labute approximate surface area is 174 Å². The SMILES string of the molecule is O=C(CN1CCOCC1)N1CCC2(C(=O)Nc3ccccc32)C1c1ccc(F)cc1. The van der Waals surface area contributed by atoms with E-state index in [1.807, 2.05) is 29.2 Å². The standard InChI is InChI=1S/C23H24FN3O3/c24-17-7-5-16(6-8-17)21-23(18-3-1-2-4-19(18)25-22(23)29)9-10-27(21)20(28)15-26-11-13-30-14-12-26/h1-8,21H,9-15H2,(H,25,29). The third-order valence-electron chi connectivity index (χ3n) is 6.56. The summed E-state index contributed by atoms with van der Waals surface area (Å²) in [5, 5.41) is 3.00. The second kappa shape index (κ2) is 7.49. The lowest BCUT2D eigenvalue weighted by Gasteiger charge is -2.36. The molecule has 2 atom stereocenters. The Morgan fingerprint density at radius 1 is 1.10 bits per heavy atom. The monoisotopic (exact) mass is 409 g/mol. The van der Waals surface area contributed by atoms with E-state index in [1.165, 1.54) is 12.1 Å². The maximum absolute atomic E-state index is 13.6. The minimum Gasteiger partial charge on any atom is -0.379 e. The van der Waals surface area contributed by atoms with E-state index in [2.05, 4.69) is 10.2 Å². The Morgan fingerprint density at radius 3 is 2.60 bits per heavy atom. The number of ether oxygens (including phenoxy) is 1. The molecule has 3 heterocycles. The molecule has 0 saturated carbocycles. The van der Waals surface area contributed by atoms with E-state index in [4.69, 9.17) is 4.74 Å². The highest BCUT2D eigenvalue weighted by molar-refractivity contribution is 6.07. The van der Waals surface area contributed by atoms with Crippen LogP contribution < -0.4 is 5.32 Å². The number of hydrogen-bond donors (Lipinski definition) is 1. The number of hydrogen-bond acceptors (Lipinski definition) is 4. The molecule has 3 aliphatic rings. The minimum absolute atomic E-state index is 0.0136. The van der Waals surface area contributed by atoms with Gasteiger partial charge in [0.2, 0.25) is 11.8 Å². The van der Waals surface area contributed by atoms with Gasteiger partial charge in [0.05, 0.1) is 25.8 Å². The zero-order valence-electron chi connectivity index (χ0n) is 16.6. The number of halogens is 1. The molecule has 2 aromatic rings. The van der Waals surface area contributed by atoms with E-state index in [9.17, 15) is 14.0 Å². The average molecular weight is 409 g/mol. The second-order valence-electron chi connectivity index (χ2n) is 8.15. The normalized spacial score (nSPS) is 26.1. The van der Waals surface area contributed by atoms with Crippen molar-refractivity contribution in [2.24, 2.45) is 0 Å². The van der Waals surface area contributed by atoms with Gasteiger partial charge in [-0.1, -0.05) is 30.3 Å². The lowest BCUT2D eigenvalue weighted by atomic mass is 9.72. The number of fused-ring (bicyclic) bond motifs is 2. The van der Waals surface area contributed by atoms with Gasteiger partial charge in [0.15, 0.2) is 0 Å². The molecular weight excluding hydrogens is 385 g/mol. The lowest BCUT2D eigenvalue weighted by molar-refractivity contribution is -0.135. The Kier molecular flexibility index (Phi) is 4.79. The molecular formula is C23H24FN3O3. The van der Waals surface area contributed by atoms with Gasteiger partial charge in [0.25, 0.3) is 0 Å². The largest absolute Gasteiger partial charge is 0.379 e. The first kappa shape index (κ1) is 19.2. The van der Waals surface area contributed by atoms with Gasteiger partial charge in [-0.15, -0.1) is 0 Å². The summed E-state index contributed by atoms with van der Waals surface area (Å²) in [7, 11) is 0. The molecule has 30 heavy (non-hydrogen) atoms. The number of nitrogens with zero attached hydrogens (tertiary/aromatic N) is 2. The predicted molar refractivity (Wildman–Crippen MR) is 109 cm³/mol. The Balaban J connectivity index is 1.54. The fraction of sp³-hybridized carbons (Fsp3) is 0.391. The van der Waals surface area contributed by atoms with Crippen molar-refractivity contribution in [3.05, 3.63) is 65.5 Å². The third-order valence-corrected chi connectivity index (χ3v) is 6.56. The summed E-state index contributed by atoms with van der Waals surface area (Å²) < 4.78 is 19.0. The number of para-hydroxylation sites is 1. The predicted octanol–water partition coefficient (Wildman–Crippen LogP) is 2.32. The minimum atomic E-state index is -0.866. The van der Waals surface area contributed by atoms with Gasteiger partial charge in [-0.05, 0) is 35.7 Å². The number of carbonyl (C=O) groups is 2. The van der Waals surface area contributed by atoms with Crippen molar-refractivity contribution in [3.63, 3.8) is 0 Å². The summed E-state index contributed by atoms with van der Waals surface area (Å²) in [6.45, 7) is 3.45. The van der Waals surface area contributed by atoms with Crippen LogP contribution >= 0.6 is 0 Å². The molecule has 2 fully saturated rings. The first-order valence-electron chi connectivity index (χ1n) is 10.4. The van der Waals surface area contributed by atoms with Gasteiger partial charge in [0, 0.05) is 25.3 Å². The third kappa shape index (κ3) is 3.00. The van der Waals surface area contributed by atoms with Crippen LogP contribution in [-0.2, 0) is 19.7 Å². The van der Waals surface area contributed by atoms with E-state index in [1.54, 1.807) is 12.1 Å². The summed E-state index contributed by atoms with van der Waals surface area (Å²) in [5.74, 6) is -0.451. The van der Waals surface area contributed by atoms with Crippen LogP contribution in [0, 0.1) is 5.82 Å². The quantitative estimate of drug-likeness (QED) is 0.845. The van der Waals surface area contributed by atoms with Crippen LogP contribution in [-0.4, -0.2) is 61.0 Å². The van der Waals surface area contributed by atoms with Crippen LogP contribution in [0.5, 0.6) is 0 Å². The molecule has 1 spiro atoms. The molecule has 2 amide bonds. The molecule has 1 N–H and O–H groups in total. The van der Waals surface area contributed by atoms with E-state index in [0.29, 0.717) is 32.7 Å². The molecule has 2 saturated heterocycles. The highest BCUT2D eigenvalue weighted by Gasteiger charge is 2.59. The number of rotatable bonds is 3. The number of likely N-dealkylation sites (tertiary alicyclic amines) is 1. The number of carbonyl (C=O) groups excluding carboxylic acids is 2. The van der Waals surface area contributed by atoms with E-state index in [0.717, 1.165) is 29.9 Å². The fourth-order valence-electron chi connectivity index (χ4n) is 5.11. The molecule has 0 aliphatic carbocycles. The average Bonchev–Trinajstić information content (AvgIpc) is 3.29. The number of amides is 2.